The van der Waals surface area contributed by atoms with Crippen molar-refractivity contribution in [2.75, 3.05) is 13.1 Å². The lowest BCUT2D eigenvalue weighted by Crippen LogP contribution is -2.41. The third kappa shape index (κ3) is 3.93. The zero-order valence-electron chi connectivity index (χ0n) is 17.4. The summed E-state index contributed by atoms with van der Waals surface area (Å²) in [5, 5.41) is 15.1. The number of carboxylic acids is 1. The van der Waals surface area contributed by atoms with E-state index < -0.39 is 11.6 Å². The maximum Gasteiger partial charge on any atom is 0.410 e. The number of aromatic carboxylic acids is 1. The molecule has 1 saturated carbocycles. The molecule has 0 spiro atoms. The summed E-state index contributed by atoms with van der Waals surface area (Å²) >= 11 is 0. The van der Waals surface area contributed by atoms with Crippen LogP contribution >= 0.6 is 0 Å². The molecule has 1 amide bonds. The number of hydrogen-bond donors (Lipinski definition) is 1. The maximum absolute atomic E-state index is 12.3. The highest BCUT2D eigenvalue weighted by atomic mass is 16.6. The Hall–Kier alpha value is -2.64. The van der Waals surface area contributed by atoms with E-state index in [0.717, 1.165) is 37.1 Å². The van der Waals surface area contributed by atoms with E-state index in [2.05, 4.69) is 5.10 Å². The number of pyridine rings is 1. The van der Waals surface area contributed by atoms with Crippen molar-refractivity contribution >= 4 is 23.1 Å². The maximum atomic E-state index is 12.3. The van der Waals surface area contributed by atoms with Crippen molar-refractivity contribution in [2.45, 2.75) is 63.9 Å². The van der Waals surface area contributed by atoms with Gasteiger partial charge in [-0.3, -0.25) is 4.68 Å². The van der Waals surface area contributed by atoms with E-state index in [0.29, 0.717) is 30.0 Å². The highest BCUT2D eigenvalue weighted by Gasteiger charge is 2.33. The average molecular weight is 400 g/mol. The summed E-state index contributed by atoms with van der Waals surface area (Å²) in [6.45, 7) is 6.69. The van der Waals surface area contributed by atoms with Gasteiger partial charge in [0.1, 0.15) is 5.60 Å². The Bertz CT molecular complexity index is 963. The summed E-state index contributed by atoms with van der Waals surface area (Å²) in [5.41, 5.74) is 2.03. The Labute approximate surface area is 169 Å². The first-order valence-corrected chi connectivity index (χ1v) is 10.2. The van der Waals surface area contributed by atoms with Gasteiger partial charge < -0.3 is 14.7 Å². The minimum atomic E-state index is -0.945. The first-order chi connectivity index (χ1) is 13.6. The molecule has 0 aromatic carbocycles. The molecule has 2 aliphatic rings. The second-order valence-corrected chi connectivity index (χ2v) is 9.12. The summed E-state index contributed by atoms with van der Waals surface area (Å²) in [4.78, 5) is 30.8. The molecule has 1 aliphatic heterocycles. The van der Waals surface area contributed by atoms with Crippen molar-refractivity contribution < 1.29 is 19.4 Å². The van der Waals surface area contributed by atoms with Gasteiger partial charge in [0.15, 0.2) is 5.65 Å². The van der Waals surface area contributed by atoms with Gasteiger partial charge in [-0.25, -0.2) is 14.6 Å². The van der Waals surface area contributed by atoms with Crippen LogP contribution in [0.15, 0.2) is 6.07 Å². The monoisotopic (exact) mass is 400 g/mol. The van der Waals surface area contributed by atoms with Gasteiger partial charge in [-0.1, -0.05) is 0 Å². The Balaban J connectivity index is 1.60. The van der Waals surface area contributed by atoms with Crippen LogP contribution in [-0.2, 0) is 11.8 Å². The summed E-state index contributed by atoms with van der Waals surface area (Å²) in [5.74, 6) is -0.489. The van der Waals surface area contributed by atoms with E-state index in [9.17, 15) is 14.7 Å². The van der Waals surface area contributed by atoms with Crippen LogP contribution < -0.4 is 0 Å². The summed E-state index contributed by atoms with van der Waals surface area (Å²) in [6.07, 6.45) is 3.25. The molecule has 2 aromatic rings. The van der Waals surface area contributed by atoms with E-state index in [-0.39, 0.29) is 17.6 Å². The Morgan fingerprint density at radius 1 is 1.14 bits per heavy atom. The number of carboxylic acid groups (broad SMARTS) is 1. The van der Waals surface area contributed by atoms with Crippen LogP contribution in [0.4, 0.5) is 4.79 Å². The molecule has 0 radical (unpaired) electrons. The van der Waals surface area contributed by atoms with E-state index in [1.54, 1.807) is 15.6 Å². The van der Waals surface area contributed by atoms with Crippen molar-refractivity contribution in [3.05, 3.63) is 23.0 Å². The molecule has 29 heavy (non-hydrogen) atoms. The van der Waals surface area contributed by atoms with Gasteiger partial charge in [0.25, 0.3) is 0 Å². The number of carbonyl (C=O) groups excluding carboxylic acids is 1. The Kier molecular flexibility index (Phi) is 4.75. The molecule has 1 N–H and O–H groups in total. The van der Waals surface area contributed by atoms with Gasteiger partial charge in [0.05, 0.1) is 16.6 Å². The SMILES string of the molecule is Cn1nc(C2CCN(C(=O)OC(C)(C)C)CC2)c2c(C(=O)O)cc(C3CC3)nc21. The van der Waals surface area contributed by atoms with Gasteiger partial charge in [-0.15, -0.1) is 0 Å². The van der Waals surface area contributed by atoms with Crippen molar-refractivity contribution in [1.29, 1.82) is 0 Å². The van der Waals surface area contributed by atoms with Crippen molar-refractivity contribution in [2.24, 2.45) is 7.05 Å². The normalized spacial score (nSPS) is 18.3. The van der Waals surface area contributed by atoms with Crippen molar-refractivity contribution in [1.82, 2.24) is 19.7 Å². The predicted molar refractivity (Wildman–Crippen MR) is 107 cm³/mol. The van der Waals surface area contributed by atoms with Crippen molar-refractivity contribution in [3.63, 3.8) is 0 Å². The second kappa shape index (κ2) is 7.00. The molecule has 1 saturated heterocycles. The fourth-order valence-corrected chi connectivity index (χ4v) is 4.00. The van der Waals surface area contributed by atoms with Crippen LogP contribution in [0.25, 0.3) is 11.0 Å². The van der Waals surface area contributed by atoms with Crippen LogP contribution in [0.3, 0.4) is 0 Å². The number of rotatable bonds is 3. The third-order valence-electron chi connectivity index (χ3n) is 5.60. The molecule has 0 atom stereocenters. The number of hydrogen-bond acceptors (Lipinski definition) is 5. The fraction of sp³-hybridized carbons (Fsp3) is 0.619. The topological polar surface area (TPSA) is 97.6 Å². The van der Waals surface area contributed by atoms with Gasteiger partial charge in [0, 0.05) is 37.7 Å². The van der Waals surface area contributed by atoms with Gasteiger partial charge in [-0.05, 0) is 52.5 Å². The fourth-order valence-electron chi connectivity index (χ4n) is 4.00. The summed E-state index contributed by atoms with van der Waals surface area (Å²) in [7, 11) is 1.82. The predicted octanol–water partition coefficient (Wildman–Crippen LogP) is 3.66. The highest BCUT2D eigenvalue weighted by Crippen LogP contribution is 2.41. The zero-order chi connectivity index (χ0) is 20.9. The van der Waals surface area contributed by atoms with Crippen LogP contribution in [0.5, 0.6) is 0 Å². The number of piperidine rings is 1. The van der Waals surface area contributed by atoms with E-state index in [1.165, 1.54) is 0 Å². The van der Waals surface area contributed by atoms with E-state index >= 15 is 0 Å². The summed E-state index contributed by atoms with van der Waals surface area (Å²) in [6, 6.07) is 1.73. The smallest absolute Gasteiger partial charge is 0.410 e. The number of fused-ring (bicyclic) bond motifs is 1. The van der Waals surface area contributed by atoms with Crippen LogP contribution in [0.1, 0.15) is 80.0 Å². The van der Waals surface area contributed by atoms with Crippen molar-refractivity contribution in [3.8, 4) is 0 Å². The number of amides is 1. The van der Waals surface area contributed by atoms with Gasteiger partial charge in [-0.2, -0.15) is 5.10 Å². The first-order valence-electron chi connectivity index (χ1n) is 10.2. The van der Waals surface area contributed by atoms with Gasteiger partial charge >= 0.3 is 12.1 Å². The molecule has 4 rings (SSSR count). The minimum Gasteiger partial charge on any atom is -0.478 e. The van der Waals surface area contributed by atoms with E-state index in [4.69, 9.17) is 9.72 Å². The molecule has 0 unspecified atom stereocenters. The molecule has 2 aromatic heterocycles. The molecule has 1 aliphatic carbocycles. The lowest BCUT2D eigenvalue weighted by atomic mass is 9.91. The molecule has 8 heteroatoms. The quantitative estimate of drug-likeness (QED) is 0.844. The minimum absolute atomic E-state index is 0.0871. The number of aromatic nitrogens is 3. The molecular weight excluding hydrogens is 372 g/mol. The average Bonchev–Trinajstić information content (AvgIpc) is 3.44. The van der Waals surface area contributed by atoms with Gasteiger partial charge in [0.2, 0.25) is 0 Å². The Morgan fingerprint density at radius 3 is 2.34 bits per heavy atom. The standard InChI is InChI=1S/C21H28N4O4/c1-21(2,3)29-20(28)25-9-7-13(8-10-25)17-16-14(19(26)27)11-15(12-5-6-12)22-18(16)24(4)23-17/h11-13H,5-10H2,1-4H3,(H,26,27). The molecule has 2 fully saturated rings. The lowest BCUT2D eigenvalue weighted by molar-refractivity contribution is 0.0204. The van der Waals surface area contributed by atoms with Crippen LogP contribution in [0, 0.1) is 0 Å². The number of carbonyl (C=O) groups is 2. The molecule has 8 nitrogen and oxygen atoms in total. The number of ether oxygens (including phenoxy) is 1. The zero-order valence-corrected chi connectivity index (χ0v) is 17.4. The van der Waals surface area contributed by atoms with Crippen LogP contribution in [-0.4, -0.2) is 55.5 Å². The first kappa shape index (κ1) is 19.7. The van der Waals surface area contributed by atoms with Crippen LogP contribution in [0.2, 0.25) is 0 Å². The number of aryl methyl sites for hydroxylation is 1. The molecular formula is C21H28N4O4. The number of nitrogens with zero attached hydrogens (tertiary/aromatic N) is 4. The number of likely N-dealkylation sites (tertiary alicyclic amines) is 1. The Morgan fingerprint density at radius 2 is 1.79 bits per heavy atom. The second-order valence-electron chi connectivity index (χ2n) is 9.12. The molecule has 3 heterocycles. The highest BCUT2D eigenvalue weighted by molar-refractivity contribution is 6.03. The third-order valence-corrected chi connectivity index (χ3v) is 5.60. The molecule has 0 bridgehead atoms. The largest absolute Gasteiger partial charge is 0.478 e. The lowest BCUT2D eigenvalue weighted by Gasteiger charge is -2.33. The summed E-state index contributed by atoms with van der Waals surface area (Å²) < 4.78 is 7.16. The van der Waals surface area contributed by atoms with E-state index in [1.807, 2.05) is 27.8 Å². The molecule has 156 valence electrons.